The van der Waals surface area contributed by atoms with Crippen LogP contribution in [0.1, 0.15) is 22.7 Å². The molecule has 1 aromatic carbocycles. The van der Waals surface area contributed by atoms with E-state index in [4.69, 9.17) is 0 Å². The van der Waals surface area contributed by atoms with Gasteiger partial charge < -0.3 is 10.4 Å². The maximum absolute atomic E-state index is 12.2. The molecule has 2 heterocycles. The topological polar surface area (TPSA) is 87.1 Å². The van der Waals surface area contributed by atoms with Gasteiger partial charge in [-0.2, -0.15) is 0 Å². The first-order valence-corrected chi connectivity index (χ1v) is 7.11. The molecule has 0 bridgehead atoms. The fraction of sp³-hybridized carbons (Fsp3) is 0.250. The lowest BCUT2D eigenvalue weighted by atomic mass is 9.91. The van der Waals surface area contributed by atoms with Gasteiger partial charge in [-0.3, -0.25) is 14.3 Å². The van der Waals surface area contributed by atoms with Crippen LogP contribution in [0, 0.1) is 0 Å². The Labute approximate surface area is 126 Å². The summed E-state index contributed by atoms with van der Waals surface area (Å²) in [5.41, 5.74) is 1.02. The van der Waals surface area contributed by atoms with Crippen LogP contribution < -0.4 is 16.6 Å². The number of allylic oxidation sites excluding steroid dienone is 1. The molecule has 22 heavy (non-hydrogen) atoms. The van der Waals surface area contributed by atoms with E-state index in [1.807, 2.05) is 24.3 Å². The Balaban J connectivity index is 2.22. The van der Waals surface area contributed by atoms with Gasteiger partial charge in [0.25, 0.3) is 5.56 Å². The molecule has 6 nitrogen and oxygen atoms in total. The Morgan fingerprint density at radius 2 is 2.14 bits per heavy atom. The highest BCUT2D eigenvalue weighted by Crippen LogP contribution is 2.30. The first kappa shape index (κ1) is 14.3. The van der Waals surface area contributed by atoms with E-state index in [1.165, 1.54) is 6.08 Å². The summed E-state index contributed by atoms with van der Waals surface area (Å²) in [6, 6.07) is 7.33. The lowest BCUT2D eigenvalue weighted by Gasteiger charge is -2.27. The van der Waals surface area contributed by atoms with Crippen LogP contribution in [-0.2, 0) is 13.0 Å². The lowest BCUT2D eigenvalue weighted by molar-refractivity contribution is 0.392. The summed E-state index contributed by atoms with van der Waals surface area (Å²) in [6.07, 6.45) is 2.35. The first-order chi connectivity index (χ1) is 10.6. The van der Waals surface area contributed by atoms with Gasteiger partial charge in [0, 0.05) is 13.1 Å². The molecule has 6 heteroatoms. The Morgan fingerprint density at radius 3 is 2.91 bits per heavy atom. The summed E-state index contributed by atoms with van der Waals surface area (Å²) >= 11 is 0. The Kier molecular flexibility index (Phi) is 3.68. The minimum atomic E-state index is -0.643. The number of benzene rings is 1. The number of nitrogens with zero attached hydrogens (tertiary/aromatic N) is 1. The maximum atomic E-state index is 12.2. The Hall–Kier alpha value is -2.60. The van der Waals surface area contributed by atoms with Crippen molar-refractivity contribution in [3.8, 4) is 5.88 Å². The van der Waals surface area contributed by atoms with Gasteiger partial charge in [0.2, 0.25) is 5.88 Å². The Bertz CT molecular complexity index is 835. The molecule has 0 amide bonds. The molecule has 0 radical (unpaired) electrons. The van der Waals surface area contributed by atoms with Gasteiger partial charge in [-0.05, 0) is 17.5 Å². The fourth-order valence-corrected chi connectivity index (χ4v) is 2.90. The molecular weight excluding hydrogens is 282 g/mol. The molecule has 0 unspecified atom stereocenters. The highest BCUT2D eigenvalue weighted by molar-refractivity contribution is 5.41. The second-order valence-electron chi connectivity index (χ2n) is 5.23. The van der Waals surface area contributed by atoms with Crippen LogP contribution in [0.3, 0.4) is 0 Å². The normalized spacial score (nSPS) is 17.0. The van der Waals surface area contributed by atoms with Crippen molar-refractivity contribution in [1.82, 2.24) is 14.9 Å². The molecular formula is C16H17N3O3. The summed E-state index contributed by atoms with van der Waals surface area (Å²) in [5, 5.41) is 13.7. The van der Waals surface area contributed by atoms with Crippen molar-refractivity contribution in [3.63, 3.8) is 0 Å². The van der Waals surface area contributed by atoms with E-state index in [-0.39, 0.29) is 18.0 Å². The zero-order valence-corrected chi connectivity index (χ0v) is 12.0. The number of hydrogen-bond acceptors (Lipinski definition) is 4. The van der Waals surface area contributed by atoms with Gasteiger partial charge in [0.05, 0.1) is 11.6 Å². The standard InChI is InChI=1S/C16H17N3O3/c1-2-9-19-15(21)12(14(20)18-16(19)22)13-11-6-4-3-5-10(11)7-8-17-13/h2-6,13,17,21H,1,7-9H2,(H,18,20,22)/t13-/m1/s1. The van der Waals surface area contributed by atoms with E-state index in [0.29, 0.717) is 6.54 Å². The van der Waals surface area contributed by atoms with Gasteiger partial charge in [0.15, 0.2) is 0 Å². The van der Waals surface area contributed by atoms with Gasteiger partial charge >= 0.3 is 5.69 Å². The van der Waals surface area contributed by atoms with Crippen molar-refractivity contribution in [2.45, 2.75) is 19.0 Å². The third kappa shape index (κ3) is 2.27. The lowest BCUT2D eigenvalue weighted by Crippen LogP contribution is -2.38. The highest BCUT2D eigenvalue weighted by Gasteiger charge is 2.27. The molecule has 3 rings (SSSR count). The first-order valence-electron chi connectivity index (χ1n) is 7.11. The predicted octanol–water partition coefficient (Wildman–Crippen LogP) is 0.663. The minimum absolute atomic E-state index is 0.128. The number of nitrogens with one attached hydrogen (secondary N) is 2. The molecule has 0 saturated carbocycles. The molecule has 114 valence electrons. The number of aromatic nitrogens is 2. The van der Waals surface area contributed by atoms with Crippen molar-refractivity contribution in [2.24, 2.45) is 0 Å². The van der Waals surface area contributed by atoms with Crippen molar-refractivity contribution in [2.75, 3.05) is 6.54 Å². The molecule has 3 N–H and O–H groups in total. The number of aromatic hydroxyl groups is 1. The second kappa shape index (κ2) is 5.65. The summed E-state index contributed by atoms with van der Waals surface area (Å²) < 4.78 is 1.10. The van der Waals surface area contributed by atoms with Crippen molar-refractivity contribution >= 4 is 0 Å². The van der Waals surface area contributed by atoms with Crippen LogP contribution >= 0.6 is 0 Å². The van der Waals surface area contributed by atoms with Crippen LogP contribution in [0.2, 0.25) is 0 Å². The smallest absolute Gasteiger partial charge is 0.331 e. The van der Waals surface area contributed by atoms with E-state index in [2.05, 4.69) is 16.9 Å². The summed E-state index contributed by atoms with van der Waals surface area (Å²) in [6.45, 7) is 4.38. The molecule has 2 aromatic rings. The van der Waals surface area contributed by atoms with Crippen LogP contribution in [0.4, 0.5) is 0 Å². The molecule has 0 aliphatic carbocycles. The number of H-pyrrole nitrogens is 1. The van der Waals surface area contributed by atoms with Crippen molar-refractivity contribution in [3.05, 3.63) is 74.4 Å². The minimum Gasteiger partial charge on any atom is -0.494 e. The van der Waals surface area contributed by atoms with Gasteiger partial charge in [-0.15, -0.1) is 6.58 Å². The van der Waals surface area contributed by atoms with Crippen LogP contribution in [-0.4, -0.2) is 21.2 Å². The molecule has 1 atom stereocenters. The third-order valence-corrected chi connectivity index (χ3v) is 3.92. The van der Waals surface area contributed by atoms with E-state index < -0.39 is 17.3 Å². The molecule has 1 aliphatic heterocycles. The quantitative estimate of drug-likeness (QED) is 0.727. The van der Waals surface area contributed by atoms with Gasteiger partial charge in [-0.25, -0.2) is 4.79 Å². The zero-order chi connectivity index (χ0) is 15.7. The maximum Gasteiger partial charge on any atom is 0.331 e. The SMILES string of the molecule is C=CCn1c(O)c([C@@H]2NCCc3ccccc32)c(=O)[nH]c1=O. The van der Waals surface area contributed by atoms with Crippen LogP contribution in [0.25, 0.3) is 0 Å². The number of rotatable bonds is 3. The number of hydrogen-bond donors (Lipinski definition) is 3. The summed E-state index contributed by atoms with van der Waals surface area (Å²) in [7, 11) is 0. The number of aromatic amines is 1. The highest BCUT2D eigenvalue weighted by atomic mass is 16.3. The van der Waals surface area contributed by atoms with Crippen molar-refractivity contribution < 1.29 is 5.11 Å². The zero-order valence-electron chi connectivity index (χ0n) is 12.0. The summed E-state index contributed by atoms with van der Waals surface area (Å²) in [4.78, 5) is 26.3. The van der Waals surface area contributed by atoms with E-state index in [0.717, 1.165) is 22.1 Å². The molecule has 1 aliphatic rings. The fourth-order valence-electron chi connectivity index (χ4n) is 2.90. The second-order valence-corrected chi connectivity index (χ2v) is 5.23. The Morgan fingerprint density at radius 1 is 1.36 bits per heavy atom. The molecule has 1 aromatic heterocycles. The van der Waals surface area contributed by atoms with E-state index in [1.54, 1.807) is 0 Å². The van der Waals surface area contributed by atoms with Gasteiger partial charge in [0.1, 0.15) is 0 Å². The number of fused-ring (bicyclic) bond motifs is 1. The van der Waals surface area contributed by atoms with Crippen LogP contribution in [0.15, 0.2) is 46.5 Å². The van der Waals surface area contributed by atoms with E-state index >= 15 is 0 Å². The van der Waals surface area contributed by atoms with Crippen LogP contribution in [0.5, 0.6) is 5.88 Å². The summed E-state index contributed by atoms with van der Waals surface area (Å²) in [5.74, 6) is -0.317. The average molecular weight is 299 g/mol. The third-order valence-electron chi connectivity index (χ3n) is 3.92. The largest absolute Gasteiger partial charge is 0.494 e. The molecule has 0 fully saturated rings. The predicted molar refractivity (Wildman–Crippen MR) is 83.2 cm³/mol. The van der Waals surface area contributed by atoms with Gasteiger partial charge in [-0.1, -0.05) is 30.3 Å². The molecule has 0 spiro atoms. The average Bonchev–Trinajstić information content (AvgIpc) is 2.51. The van der Waals surface area contributed by atoms with Crippen molar-refractivity contribution in [1.29, 1.82) is 0 Å². The monoisotopic (exact) mass is 299 g/mol. The molecule has 0 saturated heterocycles. The van der Waals surface area contributed by atoms with E-state index in [9.17, 15) is 14.7 Å².